The Kier molecular flexibility index (Phi) is 4.10. The third kappa shape index (κ3) is 3.47. The molecule has 21 heavy (non-hydrogen) atoms. The number of carboxylic acid groups (broad SMARTS) is 1. The number of alkyl halides is 3. The molecule has 1 aromatic heterocycles. The Bertz CT molecular complexity index is 537. The number of hydrogen-bond donors (Lipinski definition) is 1. The summed E-state index contributed by atoms with van der Waals surface area (Å²) in [4.78, 5) is 30.4. The lowest BCUT2D eigenvalue weighted by Gasteiger charge is -2.31. The number of rotatable bonds is 2. The van der Waals surface area contributed by atoms with Crippen molar-refractivity contribution in [1.29, 1.82) is 0 Å². The van der Waals surface area contributed by atoms with Crippen LogP contribution >= 0.6 is 0 Å². The van der Waals surface area contributed by atoms with Crippen molar-refractivity contribution in [2.45, 2.75) is 24.9 Å². The molecule has 1 aliphatic heterocycles. The minimum Gasteiger partial charge on any atom is -0.478 e. The molecule has 0 saturated carbocycles. The van der Waals surface area contributed by atoms with E-state index in [9.17, 15) is 22.8 Å². The van der Waals surface area contributed by atoms with Crippen molar-refractivity contribution < 1.29 is 27.9 Å². The highest BCUT2D eigenvalue weighted by atomic mass is 19.4. The molecule has 0 unspecified atom stereocenters. The zero-order valence-electron chi connectivity index (χ0n) is 10.8. The molecule has 0 spiro atoms. The molecule has 0 radical (unpaired) electrons. The second kappa shape index (κ2) is 5.66. The number of aromatic carboxylic acids is 1. The average molecular weight is 303 g/mol. The summed E-state index contributed by atoms with van der Waals surface area (Å²) >= 11 is 0. The van der Waals surface area contributed by atoms with Gasteiger partial charge in [-0.25, -0.2) is 14.8 Å². The van der Waals surface area contributed by atoms with Gasteiger partial charge in [-0.3, -0.25) is 4.79 Å². The molecule has 2 heterocycles. The molecule has 1 amide bonds. The van der Waals surface area contributed by atoms with Crippen LogP contribution in [-0.2, 0) is 4.79 Å². The normalized spacial score (nSPS) is 16.8. The van der Waals surface area contributed by atoms with E-state index in [2.05, 4.69) is 9.97 Å². The molecule has 0 aromatic carbocycles. The smallest absolute Gasteiger partial charge is 0.471 e. The number of aromatic nitrogens is 2. The van der Waals surface area contributed by atoms with E-state index in [1.807, 2.05) is 0 Å². The van der Waals surface area contributed by atoms with Gasteiger partial charge in [-0.05, 0) is 12.8 Å². The van der Waals surface area contributed by atoms with Gasteiger partial charge in [0.2, 0.25) is 0 Å². The number of amides is 1. The van der Waals surface area contributed by atoms with E-state index in [1.54, 1.807) is 0 Å². The van der Waals surface area contributed by atoms with Gasteiger partial charge in [0.15, 0.2) is 0 Å². The maximum Gasteiger partial charge on any atom is 0.471 e. The van der Waals surface area contributed by atoms with E-state index in [-0.39, 0.29) is 24.6 Å². The summed E-state index contributed by atoms with van der Waals surface area (Å²) in [6.07, 6.45) is -1.90. The summed E-state index contributed by atoms with van der Waals surface area (Å²) in [5, 5.41) is 8.73. The predicted molar refractivity (Wildman–Crippen MR) is 63.6 cm³/mol. The van der Waals surface area contributed by atoms with Crippen LogP contribution in [-0.4, -0.2) is 51.1 Å². The number of halogens is 3. The van der Waals surface area contributed by atoms with Crippen molar-refractivity contribution in [2.24, 2.45) is 0 Å². The predicted octanol–water partition coefficient (Wildman–Crippen LogP) is 1.44. The van der Waals surface area contributed by atoms with Crippen LogP contribution in [0.2, 0.25) is 0 Å². The van der Waals surface area contributed by atoms with Crippen LogP contribution in [0.5, 0.6) is 0 Å². The fourth-order valence-electron chi connectivity index (χ4n) is 2.18. The van der Waals surface area contributed by atoms with E-state index >= 15 is 0 Å². The van der Waals surface area contributed by atoms with Gasteiger partial charge in [0, 0.05) is 31.4 Å². The Balaban J connectivity index is 1.98. The maximum atomic E-state index is 12.3. The van der Waals surface area contributed by atoms with Crippen molar-refractivity contribution in [3.05, 3.63) is 23.8 Å². The third-order valence-corrected chi connectivity index (χ3v) is 3.31. The third-order valence-electron chi connectivity index (χ3n) is 3.31. The number of piperidine rings is 1. The first-order valence-corrected chi connectivity index (χ1v) is 6.20. The van der Waals surface area contributed by atoms with Gasteiger partial charge in [0.25, 0.3) is 0 Å². The van der Waals surface area contributed by atoms with Crippen LogP contribution in [0.15, 0.2) is 12.4 Å². The lowest BCUT2D eigenvalue weighted by atomic mass is 9.96. The molecule has 1 N–H and O–H groups in total. The van der Waals surface area contributed by atoms with Gasteiger partial charge in [0.1, 0.15) is 5.82 Å². The van der Waals surface area contributed by atoms with Gasteiger partial charge in [-0.15, -0.1) is 0 Å². The highest BCUT2D eigenvalue weighted by molar-refractivity contribution is 5.86. The molecule has 9 heteroatoms. The standard InChI is InChI=1S/C12H12F3N3O3/c13-12(14,15)11(21)18-3-1-7(2-4-18)9-16-5-8(6-17-9)10(19)20/h5-7H,1-4H2,(H,19,20). The van der Waals surface area contributed by atoms with Gasteiger partial charge in [-0.1, -0.05) is 0 Å². The fraction of sp³-hybridized carbons (Fsp3) is 0.500. The molecule has 0 aliphatic carbocycles. The highest BCUT2D eigenvalue weighted by Gasteiger charge is 2.43. The molecule has 1 aliphatic rings. The second-order valence-electron chi connectivity index (χ2n) is 4.70. The number of hydrogen-bond acceptors (Lipinski definition) is 4. The summed E-state index contributed by atoms with van der Waals surface area (Å²) in [7, 11) is 0. The first-order chi connectivity index (χ1) is 9.79. The zero-order chi connectivity index (χ0) is 15.6. The molecule has 1 saturated heterocycles. The summed E-state index contributed by atoms with van der Waals surface area (Å²) < 4.78 is 36.9. The Morgan fingerprint density at radius 1 is 1.19 bits per heavy atom. The molecule has 0 bridgehead atoms. The van der Waals surface area contributed by atoms with Crippen LogP contribution in [0.25, 0.3) is 0 Å². The summed E-state index contributed by atoms with van der Waals surface area (Å²) in [5.74, 6) is -2.76. The number of carboxylic acids is 1. The Labute approximate surface area is 117 Å². The van der Waals surface area contributed by atoms with Gasteiger partial charge in [0.05, 0.1) is 5.56 Å². The minimum absolute atomic E-state index is 0.0208. The maximum absolute atomic E-state index is 12.3. The largest absolute Gasteiger partial charge is 0.478 e. The molecule has 6 nitrogen and oxygen atoms in total. The van der Waals surface area contributed by atoms with E-state index in [1.165, 1.54) is 0 Å². The lowest BCUT2D eigenvalue weighted by Crippen LogP contribution is -2.45. The zero-order valence-corrected chi connectivity index (χ0v) is 10.8. The Hall–Kier alpha value is -2.19. The van der Waals surface area contributed by atoms with Crippen molar-refractivity contribution in [3.63, 3.8) is 0 Å². The van der Waals surface area contributed by atoms with Crippen molar-refractivity contribution in [1.82, 2.24) is 14.9 Å². The van der Waals surface area contributed by atoms with E-state index in [0.29, 0.717) is 18.7 Å². The number of nitrogens with zero attached hydrogens (tertiary/aromatic N) is 3. The van der Waals surface area contributed by atoms with Gasteiger partial charge in [-0.2, -0.15) is 13.2 Å². The monoisotopic (exact) mass is 303 g/mol. The highest BCUT2D eigenvalue weighted by Crippen LogP contribution is 2.28. The summed E-state index contributed by atoms with van der Waals surface area (Å²) in [6.45, 7) is -0.0416. The molecule has 114 valence electrons. The topological polar surface area (TPSA) is 83.4 Å². The van der Waals surface area contributed by atoms with Crippen molar-refractivity contribution in [3.8, 4) is 0 Å². The number of carbonyl (C=O) groups is 2. The summed E-state index contributed by atoms with van der Waals surface area (Å²) in [6, 6.07) is 0. The van der Waals surface area contributed by atoms with E-state index < -0.39 is 18.1 Å². The molecule has 0 atom stereocenters. The van der Waals surface area contributed by atoms with Crippen molar-refractivity contribution in [2.75, 3.05) is 13.1 Å². The summed E-state index contributed by atoms with van der Waals surface area (Å²) in [5.41, 5.74) is -0.0524. The number of carbonyl (C=O) groups excluding carboxylic acids is 1. The van der Waals surface area contributed by atoms with Crippen LogP contribution in [0.3, 0.4) is 0 Å². The molecular formula is C12H12F3N3O3. The molecule has 1 aromatic rings. The van der Waals surface area contributed by atoms with Gasteiger partial charge >= 0.3 is 18.1 Å². The fourth-order valence-corrected chi connectivity index (χ4v) is 2.18. The second-order valence-corrected chi connectivity index (χ2v) is 4.70. The minimum atomic E-state index is -4.85. The lowest BCUT2D eigenvalue weighted by molar-refractivity contribution is -0.186. The average Bonchev–Trinajstić information content (AvgIpc) is 2.46. The SMILES string of the molecule is O=C(O)c1cnc(C2CCN(C(=O)C(F)(F)F)CC2)nc1. The van der Waals surface area contributed by atoms with E-state index in [4.69, 9.17) is 5.11 Å². The quantitative estimate of drug-likeness (QED) is 0.894. The van der Waals surface area contributed by atoms with Crippen LogP contribution in [0, 0.1) is 0 Å². The van der Waals surface area contributed by atoms with Crippen LogP contribution in [0.1, 0.15) is 34.9 Å². The van der Waals surface area contributed by atoms with Gasteiger partial charge < -0.3 is 10.0 Å². The van der Waals surface area contributed by atoms with Crippen molar-refractivity contribution >= 4 is 11.9 Å². The molecule has 1 fully saturated rings. The first kappa shape index (κ1) is 15.2. The molecular weight excluding hydrogens is 291 g/mol. The first-order valence-electron chi connectivity index (χ1n) is 6.20. The Morgan fingerprint density at radius 2 is 1.71 bits per heavy atom. The van der Waals surface area contributed by atoms with Crippen LogP contribution < -0.4 is 0 Å². The van der Waals surface area contributed by atoms with Crippen LogP contribution in [0.4, 0.5) is 13.2 Å². The molecule has 2 rings (SSSR count). The Morgan fingerprint density at radius 3 is 2.14 bits per heavy atom. The number of likely N-dealkylation sites (tertiary alicyclic amines) is 1. The van der Waals surface area contributed by atoms with E-state index in [0.717, 1.165) is 17.3 Å².